The number of rotatable bonds is 4. The average molecular weight is 260 g/mol. The zero-order valence-electron chi connectivity index (χ0n) is 11.5. The lowest BCUT2D eigenvalue weighted by molar-refractivity contribution is 0.165. The molecule has 2 saturated heterocycles. The number of aliphatic hydroxyl groups excluding tert-OH is 1. The molecule has 1 aromatic carbocycles. The molecule has 0 aliphatic carbocycles. The van der Waals surface area contributed by atoms with Gasteiger partial charge in [-0.1, -0.05) is 36.8 Å². The largest absolute Gasteiger partial charge is 0.394 e. The quantitative estimate of drug-likeness (QED) is 0.868. The van der Waals surface area contributed by atoms with E-state index in [0.717, 1.165) is 0 Å². The predicted molar refractivity (Wildman–Crippen MR) is 77.0 cm³/mol. The van der Waals surface area contributed by atoms with Gasteiger partial charge in [0.05, 0.1) is 12.6 Å². The highest BCUT2D eigenvalue weighted by molar-refractivity contribution is 5.19. The molecule has 0 amide bonds. The molecular weight excluding hydrogens is 236 g/mol. The van der Waals surface area contributed by atoms with Crippen molar-refractivity contribution in [1.29, 1.82) is 0 Å². The van der Waals surface area contributed by atoms with Crippen LogP contribution in [0.3, 0.4) is 0 Å². The van der Waals surface area contributed by atoms with Crippen molar-refractivity contribution in [1.82, 2.24) is 10.2 Å². The van der Waals surface area contributed by atoms with Crippen LogP contribution in [0.1, 0.15) is 37.3 Å². The van der Waals surface area contributed by atoms with Gasteiger partial charge in [0.25, 0.3) is 0 Å². The summed E-state index contributed by atoms with van der Waals surface area (Å²) in [5, 5.41) is 13.3. The Hall–Kier alpha value is -0.900. The molecule has 1 aromatic rings. The molecule has 3 heteroatoms. The first-order chi connectivity index (χ1) is 9.38. The van der Waals surface area contributed by atoms with E-state index in [-0.39, 0.29) is 12.6 Å². The zero-order valence-corrected chi connectivity index (χ0v) is 11.5. The maximum absolute atomic E-state index is 9.66. The molecule has 19 heavy (non-hydrogen) atoms. The lowest BCUT2D eigenvalue weighted by atomic mass is 9.97. The van der Waals surface area contributed by atoms with Crippen LogP contribution in [-0.2, 0) is 0 Å². The summed E-state index contributed by atoms with van der Waals surface area (Å²) in [7, 11) is 0. The number of nitrogens with zero attached hydrogens (tertiary/aromatic N) is 1. The predicted octanol–water partition coefficient (Wildman–Crippen LogP) is 1.94. The molecule has 3 rings (SSSR count). The van der Waals surface area contributed by atoms with Crippen LogP contribution in [0.25, 0.3) is 0 Å². The number of piperidine rings is 1. The van der Waals surface area contributed by atoms with Gasteiger partial charge in [-0.25, -0.2) is 0 Å². The van der Waals surface area contributed by atoms with Gasteiger partial charge in [0, 0.05) is 18.6 Å². The van der Waals surface area contributed by atoms with E-state index in [0.29, 0.717) is 12.1 Å². The molecule has 0 radical (unpaired) electrons. The number of hydrogen-bond acceptors (Lipinski definition) is 3. The topological polar surface area (TPSA) is 35.5 Å². The molecule has 2 fully saturated rings. The van der Waals surface area contributed by atoms with Crippen LogP contribution in [0.2, 0.25) is 0 Å². The number of fused-ring (bicyclic) bond motifs is 1. The van der Waals surface area contributed by atoms with Crippen LogP contribution < -0.4 is 5.32 Å². The fourth-order valence-electron chi connectivity index (χ4n) is 3.64. The van der Waals surface area contributed by atoms with Gasteiger partial charge < -0.3 is 10.4 Å². The van der Waals surface area contributed by atoms with Crippen molar-refractivity contribution in [3.8, 4) is 0 Å². The Morgan fingerprint density at radius 2 is 2.00 bits per heavy atom. The first-order valence-corrected chi connectivity index (χ1v) is 7.54. The Kier molecular flexibility index (Phi) is 4.16. The zero-order chi connectivity index (χ0) is 13.1. The number of benzene rings is 1. The lowest BCUT2D eigenvalue weighted by Crippen LogP contribution is -2.46. The van der Waals surface area contributed by atoms with E-state index in [1.807, 2.05) is 18.2 Å². The highest BCUT2D eigenvalue weighted by atomic mass is 16.3. The normalized spacial score (nSPS) is 29.1. The number of nitrogens with one attached hydrogen (secondary N) is 1. The van der Waals surface area contributed by atoms with Crippen molar-refractivity contribution in [3.05, 3.63) is 35.9 Å². The summed E-state index contributed by atoms with van der Waals surface area (Å²) in [6.45, 7) is 2.65. The van der Waals surface area contributed by atoms with E-state index in [1.54, 1.807) is 0 Å². The Morgan fingerprint density at radius 1 is 1.16 bits per heavy atom. The number of hydrogen-bond donors (Lipinski definition) is 2. The van der Waals surface area contributed by atoms with Gasteiger partial charge in [-0.05, 0) is 31.4 Å². The molecule has 0 spiro atoms. The van der Waals surface area contributed by atoms with Crippen molar-refractivity contribution in [2.45, 2.75) is 43.8 Å². The van der Waals surface area contributed by atoms with E-state index in [1.165, 1.54) is 44.3 Å². The molecule has 2 aliphatic heterocycles. The first-order valence-electron chi connectivity index (χ1n) is 7.54. The molecule has 104 valence electrons. The second-order valence-corrected chi connectivity index (χ2v) is 5.81. The van der Waals surface area contributed by atoms with Gasteiger partial charge >= 0.3 is 0 Å². The first kappa shape index (κ1) is 13.1. The van der Waals surface area contributed by atoms with Gasteiger partial charge in [0.2, 0.25) is 0 Å². The van der Waals surface area contributed by atoms with Crippen molar-refractivity contribution >= 4 is 0 Å². The highest BCUT2D eigenvalue weighted by Crippen LogP contribution is 2.28. The fraction of sp³-hybridized carbons (Fsp3) is 0.625. The monoisotopic (exact) mass is 260 g/mol. The summed E-state index contributed by atoms with van der Waals surface area (Å²) in [6, 6.07) is 11.6. The van der Waals surface area contributed by atoms with E-state index in [4.69, 9.17) is 0 Å². The molecule has 0 saturated carbocycles. The Balaban J connectivity index is 1.66. The Labute approximate surface area is 115 Å². The van der Waals surface area contributed by atoms with E-state index >= 15 is 0 Å². The standard InChI is InChI=1S/C16H24N2O/c19-12-15(13-6-2-1-3-7-13)17-14-9-11-18-10-5-4-8-16(14)18/h1-3,6-7,14-17,19H,4-5,8-12H2/t14?,15-,16?/m0/s1. The van der Waals surface area contributed by atoms with Crippen LogP contribution in [0.15, 0.2) is 30.3 Å². The fourth-order valence-corrected chi connectivity index (χ4v) is 3.64. The summed E-state index contributed by atoms with van der Waals surface area (Å²) in [5.74, 6) is 0. The summed E-state index contributed by atoms with van der Waals surface area (Å²) in [5.41, 5.74) is 1.19. The molecule has 2 heterocycles. The van der Waals surface area contributed by atoms with E-state index < -0.39 is 0 Å². The third-order valence-electron chi connectivity index (χ3n) is 4.66. The van der Waals surface area contributed by atoms with Gasteiger partial charge in [0.1, 0.15) is 0 Å². The maximum atomic E-state index is 9.66. The van der Waals surface area contributed by atoms with Crippen molar-refractivity contribution in [3.63, 3.8) is 0 Å². The molecule has 3 nitrogen and oxygen atoms in total. The molecule has 0 bridgehead atoms. The summed E-state index contributed by atoms with van der Waals surface area (Å²) >= 11 is 0. The summed E-state index contributed by atoms with van der Waals surface area (Å²) in [6.07, 6.45) is 5.23. The summed E-state index contributed by atoms with van der Waals surface area (Å²) in [4.78, 5) is 2.63. The smallest absolute Gasteiger partial charge is 0.0626 e. The minimum atomic E-state index is 0.0769. The minimum Gasteiger partial charge on any atom is -0.394 e. The third kappa shape index (κ3) is 2.83. The van der Waals surface area contributed by atoms with Crippen molar-refractivity contribution in [2.24, 2.45) is 0 Å². The number of aliphatic hydroxyl groups is 1. The van der Waals surface area contributed by atoms with Crippen molar-refractivity contribution in [2.75, 3.05) is 19.7 Å². The van der Waals surface area contributed by atoms with Gasteiger partial charge in [-0.15, -0.1) is 0 Å². The molecule has 0 aromatic heterocycles. The third-order valence-corrected chi connectivity index (χ3v) is 4.66. The SMILES string of the molecule is OC[C@H](NC1CCN2CCCCC12)c1ccccc1. The van der Waals surface area contributed by atoms with Gasteiger partial charge in [-0.2, -0.15) is 0 Å². The van der Waals surface area contributed by atoms with Crippen LogP contribution in [-0.4, -0.2) is 41.8 Å². The van der Waals surface area contributed by atoms with Gasteiger partial charge in [-0.3, -0.25) is 4.90 Å². The highest BCUT2D eigenvalue weighted by Gasteiger charge is 2.36. The lowest BCUT2D eigenvalue weighted by Gasteiger charge is -2.34. The van der Waals surface area contributed by atoms with E-state index in [2.05, 4.69) is 22.3 Å². The molecule has 2 aliphatic rings. The van der Waals surface area contributed by atoms with Crippen LogP contribution in [0, 0.1) is 0 Å². The summed E-state index contributed by atoms with van der Waals surface area (Å²) < 4.78 is 0. The maximum Gasteiger partial charge on any atom is 0.0626 e. The molecule has 2 N–H and O–H groups in total. The van der Waals surface area contributed by atoms with E-state index in [9.17, 15) is 5.11 Å². The molecular formula is C16H24N2O. The van der Waals surface area contributed by atoms with Gasteiger partial charge in [0.15, 0.2) is 0 Å². The Bertz CT molecular complexity index is 395. The van der Waals surface area contributed by atoms with Crippen LogP contribution in [0.4, 0.5) is 0 Å². The second kappa shape index (κ2) is 6.04. The molecule has 3 atom stereocenters. The Morgan fingerprint density at radius 3 is 2.79 bits per heavy atom. The minimum absolute atomic E-state index is 0.0769. The van der Waals surface area contributed by atoms with Crippen molar-refractivity contribution < 1.29 is 5.11 Å². The average Bonchev–Trinajstić information content (AvgIpc) is 2.89. The second-order valence-electron chi connectivity index (χ2n) is 5.81. The van der Waals surface area contributed by atoms with Crippen LogP contribution in [0.5, 0.6) is 0 Å². The van der Waals surface area contributed by atoms with Crippen LogP contribution >= 0.6 is 0 Å². The molecule has 2 unspecified atom stereocenters.